The summed E-state index contributed by atoms with van der Waals surface area (Å²) in [6.45, 7) is 3.25. The zero-order valence-electron chi connectivity index (χ0n) is 39.0. The van der Waals surface area contributed by atoms with E-state index in [4.69, 9.17) is 16.2 Å². The molecule has 0 saturated carbocycles. The van der Waals surface area contributed by atoms with Crippen molar-refractivity contribution in [3.63, 3.8) is 0 Å². The van der Waals surface area contributed by atoms with Crippen molar-refractivity contribution in [2.75, 3.05) is 13.2 Å². The largest absolute Gasteiger partial charge is 0.481 e. The lowest BCUT2D eigenvalue weighted by atomic mass is 9.89. The Hall–Kier alpha value is -5.99. The van der Waals surface area contributed by atoms with Gasteiger partial charge < -0.3 is 79.0 Å². The Morgan fingerprint density at radius 1 is 0.632 bits per heavy atom. The Bertz CT molecular complexity index is 1760. The van der Waals surface area contributed by atoms with Crippen LogP contribution in [0.2, 0.25) is 0 Å². The number of aliphatic hydroxyl groups excluding tert-OH is 3. The maximum atomic E-state index is 13.7. The summed E-state index contributed by atoms with van der Waals surface area (Å²) in [4.78, 5) is 143. The van der Waals surface area contributed by atoms with E-state index in [1.165, 1.54) is 13.3 Å². The maximum absolute atomic E-state index is 13.7. The molecular weight excluding hydrogens is 903 g/mol. The van der Waals surface area contributed by atoms with Crippen LogP contribution in [0.3, 0.4) is 0 Å². The van der Waals surface area contributed by atoms with Crippen molar-refractivity contribution in [1.82, 2.24) is 37.2 Å². The summed E-state index contributed by atoms with van der Waals surface area (Å²) in [6, 6.07) is -13.5. The van der Waals surface area contributed by atoms with Crippen molar-refractivity contribution in [3.05, 3.63) is 0 Å². The first-order valence-corrected chi connectivity index (χ1v) is 22.6. The van der Waals surface area contributed by atoms with E-state index in [0.29, 0.717) is 12.8 Å². The molecule has 68 heavy (non-hydrogen) atoms. The minimum atomic E-state index is -2.02. The second-order valence-corrected chi connectivity index (χ2v) is 17.0. The molecule has 26 heteroatoms. The van der Waals surface area contributed by atoms with Gasteiger partial charge in [-0.3, -0.25) is 47.9 Å². The number of esters is 1. The number of carbonyl (C=O) groups excluding carboxylic acids is 10. The third-order valence-corrected chi connectivity index (χ3v) is 10.9. The third kappa shape index (κ3) is 22.2. The van der Waals surface area contributed by atoms with Crippen LogP contribution in [0.25, 0.3) is 0 Å². The molecule has 9 amide bonds. The van der Waals surface area contributed by atoms with Crippen molar-refractivity contribution < 1.29 is 83.0 Å². The van der Waals surface area contributed by atoms with Gasteiger partial charge in [0.25, 0.3) is 0 Å². The van der Waals surface area contributed by atoms with E-state index in [-0.39, 0.29) is 6.42 Å². The molecule has 0 aliphatic carbocycles. The van der Waals surface area contributed by atoms with E-state index in [1.807, 2.05) is 16.0 Å². The van der Waals surface area contributed by atoms with Gasteiger partial charge >= 0.3 is 11.9 Å². The van der Waals surface area contributed by atoms with Crippen molar-refractivity contribution in [3.8, 4) is 0 Å². The highest BCUT2D eigenvalue weighted by Gasteiger charge is 2.41. The molecule has 0 aromatic heterocycles. The number of unbranched alkanes of at least 4 members (excludes halogenated alkanes) is 9. The molecule has 10 atom stereocenters. The number of carboxylic acids is 1. The molecule has 26 nitrogen and oxygen atoms in total. The van der Waals surface area contributed by atoms with Gasteiger partial charge in [-0.1, -0.05) is 71.1 Å². The molecule has 0 spiro atoms. The van der Waals surface area contributed by atoms with Crippen LogP contribution in [0.1, 0.15) is 124 Å². The summed E-state index contributed by atoms with van der Waals surface area (Å²) in [5.74, 6) is -14.5. The van der Waals surface area contributed by atoms with Gasteiger partial charge in [0.1, 0.15) is 42.4 Å². The number of aliphatic carboxylic acids is 1. The molecule has 0 radical (unpaired) electrons. The van der Waals surface area contributed by atoms with Crippen LogP contribution in [0.5, 0.6) is 0 Å². The monoisotopic (exact) mass is 973 g/mol. The highest BCUT2D eigenvalue weighted by Crippen LogP contribution is 2.25. The van der Waals surface area contributed by atoms with Crippen LogP contribution in [0.15, 0.2) is 0 Å². The summed E-state index contributed by atoms with van der Waals surface area (Å²) < 4.78 is 5.58. The van der Waals surface area contributed by atoms with Crippen LogP contribution < -0.4 is 48.7 Å². The fourth-order valence-corrected chi connectivity index (χ4v) is 6.87. The van der Waals surface area contributed by atoms with E-state index in [0.717, 1.165) is 58.8 Å². The Morgan fingerprint density at radius 3 is 1.47 bits per heavy atom. The second-order valence-electron chi connectivity index (χ2n) is 17.0. The number of hydrogen-bond donors (Lipinski definition) is 14. The highest BCUT2D eigenvalue weighted by molar-refractivity contribution is 6.00. The molecule has 16 N–H and O–H groups in total. The van der Waals surface area contributed by atoms with Gasteiger partial charge in [0.15, 0.2) is 6.04 Å². The minimum Gasteiger partial charge on any atom is -0.481 e. The van der Waals surface area contributed by atoms with E-state index in [9.17, 15) is 78.3 Å². The number of cyclic esters (lactones) is 1. The molecule has 2 unspecified atom stereocenters. The molecule has 1 fully saturated rings. The lowest BCUT2D eigenvalue weighted by molar-refractivity contribution is -0.172. The van der Waals surface area contributed by atoms with Crippen LogP contribution in [0.4, 0.5) is 0 Å². The molecule has 1 rings (SSSR count). The molecule has 0 aromatic carbocycles. The Balaban J connectivity index is 3.72. The van der Waals surface area contributed by atoms with Gasteiger partial charge in [-0.05, 0) is 27.2 Å². The lowest BCUT2D eigenvalue weighted by Crippen LogP contribution is -2.61. The number of hydrogen-bond acceptors (Lipinski definition) is 16. The maximum Gasteiger partial charge on any atom is 0.331 e. The zero-order valence-corrected chi connectivity index (χ0v) is 39.0. The Kier molecular flexibility index (Phi) is 26.8. The number of carboxylic acid groups (broad SMARTS) is 1. The SMILES string of the molecule is CCCCCCCCCCCCC(C)(O)C1CC(=O)N[C@@H](CO)C(=O)N[C@H](C)C(=O)N[C@@H](CC(=O)O)C(=O)N[C@@H](CC(N)=O)C(=O)N[C@@H](CC(N)=O)C(=O)N[C@@H](CO)C(=O)N[C@H]([C@@H](C)O)C(=O)O1. The van der Waals surface area contributed by atoms with E-state index >= 15 is 0 Å². The minimum absolute atomic E-state index is 0.0389. The molecule has 0 bridgehead atoms. The summed E-state index contributed by atoms with van der Waals surface area (Å²) in [5.41, 5.74) is 8.55. The van der Waals surface area contributed by atoms with E-state index in [1.54, 1.807) is 0 Å². The number of carbonyl (C=O) groups is 11. The number of aliphatic hydroxyl groups is 4. The fourth-order valence-electron chi connectivity index (χ4n) is 6.87. The molecule has 1 saturated heterocycles. The molecular formula is C42H71N9O17. The summed E-state index contributed by atoms with van der Waals surface area (Å²) in [6.07, 6.45) is 1.88. The van der Waals surface area contributed by atoms with Crippen LogP contribution in [-0.2, 0) is 57.5 Å². The standard InChI is InChI=1S/C42H71N9O17/c1-5-6-7-8-9-10-11-12-13-14-15-42(4,67)29-19-32(57)46-27(20-52)39(64)45-22(2)35(60)47-26(18-33(58)59)38(63)49-24(16-30(43)55)36(61)48-25(17-31(44)56)37(62)50-28(21-53)40(65)51-34(23(3)54)41(66)68-29/h22-29,34,52-54,67H,5-21H2,1-4H3,(H2,43,55)(H2,44,56)(H,45,64)(H,46,57)(H,47,60)(H,48,61)(H,49,63)(H,50,62)(H,51,65)(H,58,59)/t22-,23-,24+,25+,26+,27+,28+,29?,34-,42?/m1/s1. The van der Waals surface area contributed by atoms with Crippen molar-refractivity contribution in [2.45, 2.75) is 184 Å². The van der Waals surface area contributed by atoms with Gasteiger partial charge in [0.05, 0.1) is 50.6 Å². The average Bonchev–Trinajstić information content (AvgIpc) is 3.24. The Labute approximate surface area is 393 Å². The summed E-state index contributed by atoms with van der Waals surface area (Å²) in [7, 11) is 0. The number of nitrogens with two attached hydrogens (primary N) is 2. The van der Waals surface area contributed by atoms with Gasteiger partial charge in [0, 0.05) is 0 Å². The third-order valence-electron chi connectivity index (χ3n) is 10.9. The smallest absolute Gasteiger partial charge is 0.331 e. The number of rotatable bonds is 21. The zero-order chi connectivity index (χ0) is 51.7. The predicted octanol–water partition coefficient (Wildman–Crippen LogP) is -4.63. The topological polar surface area (TPSA) is 434 Å². The normalized spacial score (nSPS) is 25.8. The van der Waals surface area contributed by atoms with Gasteiger partial charge in [-0.25, -0.2) is 4.79 Å². The molecule has 386 valence electrons. The molecule has 0 aromatic rings. The van der Waals surface area contributed by atoms with Crippen molar-refractivity contribution >= 4 is 65.1 Å². The van der Waals surface area contributed by atoms with Crippen LogP contribution in [-0.4, -0.2) is 164 Å². The van der Waals surface area contributed by atoms with Crippen LogP contribution >= 0.6 is 0 Å². The first kappa shape index (κ1) is 60.0. The number of amides is 9. The highest BCUT2D eigenvalue weighted by atomic mass is 16.6. The van der Waals surface area contributed by atoms with Gasteiger partial charge in [0.2, 0.25) is 53.2 Å². The Morgan fingerprint density at radius 2 is 1.03 bits per heavy atom. The lowest BCUT2D eigenvalue weighted by Gasteiger charge is -2.34. The molecule has 1 aliphatic rings. The first-order valence-electron chi connectivity index (χ1n) is 22.6. The van der Waals surface area contributed by atoms with Gasteiger partial charge in [-0.15, -0.1) is 0 Å². The van der Waals surface area contributed by atoms with Crippen molar-refractivity contribution in [1.29, 1.82) is 0 Å². The molecule has 1 aliphatic heterocycles. The van der Waals surface area contributed by atoms with Gasteiger partial charge in [-0.2, -0.15) is 0 Å². The summed E-state index contributed by atoms with van der Waals surface area (Å²) in [5, 5.41) is 66.7. The summed E-state index contributed by atoms with van der Waals surface area (Å²) >= 11 is 0. The average molecular weight is 974 g/mol. The quantitative estimate of drug-likeness (QED) is 0.0380. The van der Waals surface area contributed by atoms with E-state index < -0.39 is 164 Å². The van der Waals surface area contributed by atoms with Crippen molar-refractivity contribution in [2.24, 2.45) is 11.5 Å². The second kappa shape index (κ2) is 30.4. The number of ether oxygens (including phenoxy) is 1. The fraction of sp³-hybridized carbons (Fsp3) is 0.738. The van der Waals surface area contributed by atoms with Crippen LogP contribution in [0, 0.1) is 0 Å². The first-order chi connectivity index (χ1) is 31.9. The predicted molar refractivity (Wildman–Crippen MR) is 236 cm³/mol. The van der Waals surface area contributed by atoms with E-state index in [2.05, 4.69) is 28.2 Å². The number of nitrogens with one attached hydrogen (secondary N) is 7. The molecule has 1 heterocycles. The number of primary amides is 2.